The molecule has 0 radical (unpaired) electrons. The monoisotopic (exact) mass is 373 g/mol. The lowest BCUT2D eigenvalue weighted by Gasteiger charge is -2.13. The first-order valence-corrected chi connectivity index (χ1v) is 8.88. The quantitative estimate of drug-likeness (QED) is 0.529. The maximum Gasteiger partial charge on any atom is 0.161 e. The summed E-state index contributed by atoms with van der Waals surface area (Å²) in [5.74, 6) is -0.338. The Kier molecular flexibility index (Phi) is 5.57. The minimum absolute atomic E-state index is 0.338. The predicted octanol–water partition coefficient (Wildman–Crippen LogP) is 5.26. The minimum Gasteiger partial charge on any atom is -0.387 e. The van der Waals surface area contributed by atoms with Crippen LogP contribution in [0.25, 0.3) is 0 Å². The topological polar surface area (TPSA) is 37.2 Å². The van der Waals surface area contributed by atoms with Crippen LogP contribution in [0.4, 0.5) is 10.1 Å². The van der Waals surface area contributed by atoms with Gasteiger partial charge in [-0.1, -0.05) is 28.9 Å². The SMILES string of the molecule is CCN(C)C=Nc1cc(F)c(C2CC(c3cccc(Cl)c3)=NO2)cc1C. The molecule has 0 aromatic heterocycles. The average molecular weight is 374 g/mol. The Bertz CT molecular complexity index is 866. The van der Waals surface area contributed by atoms with Gasteiger partial charge in [-0.3, -0.25) is 0 Å². The lowest BCUT2D eigenvalue weighted by atomic mass is 9.98. The molecule has 0 spiro atoms. The van der Waals surface area contributed by atoms with Crippen molar-refractivity contribution in [1.82, 2.24) is 4.90 Å². The zero-order chi connectivity index (χ0) is 18.7. The molecule has 1 unspecified atom stereocenters. The van der Waals surface area contributed by atoms with E-state index in [4.69, 9.17) is 16.4 Å². The summed E-state index contributed by atoms with van der Waals surface area (Å²) in [5.41, 5.74) is 3.65. The molecule has 1 atom stereocenters. The molecule has 0 saturated carbocycles. The summed E-state index contributed by atoms with van der Waals surface area (Å²) in [5, 5.41) is 4.76. The number of aliphatic imine (C=N–C) groups is 1. The van der Waals surface area contributed by atoms with Gasteiger partial charge in [0.15, 0.2) is 6.10 Å². The van der Waals surface area contributed by atoms with Crippen molar-refractivity contribution in [2.75, 3.05) is 13.6 Å². The summed E-state index contributed by atoms with van der Waals surface area (Å²) in [6.07, 6.45) is 1.75. The lowest BCUT2D eigenvalue weighted by Crippen LogP contribution is -2.14. The minimum atomic E-state index is -0.445. The van der Waals surface area contributed by atoms with Crippen molar-refractivity contribution in [3.05, 3.63) is 63.9 Å². The third kappa shape index (κ3) is 4.05. The molecule has 2 aromatic carbocycles. The van der Waals surface area contributed by atoms with Crippen molar-refractivity contribution < 1.29 is 9.23 Å². The summed E-state index contributed by atoms with van der Waals surface area (Å²) in [6, 6.07) is 10.6. The zero-order valence-corrected chi connectivity index (χ0v) is 15.8. The molecule has 1 aliphatic heterocycles. The van der Waals surface area contributed by atoms with Crippen LogP contribution >= 0.6 is 11.6 Å². The van der Waals surface area contributed by atoms with E-state index in [0.29, 0.717) is 22.7 Å². The van der Waals surface area contributed by atoms with Gasteiger partial charge in [0.2, 0.25) is 0 Å². The fourth-order valence-corrected chi connectivity index (χ4v) is 2.89. The van der Waals surface area contributed by atoms with Crippen molar-refractivity contribution in [2.45, 2.75) is 26.4 Å². The van der Waals surface area contributed by atoms with Crippen LogP contribution in [-0.4, -0.2) is 30.5 Å². The van der Waals surface area contributed by atoms with E-state index in [-0.39, 0.29) is 5.82 Å². The van der Waals surface area contributed by atoms with Gasteiger partial charge in [0, 0.05) is 42.2 Å². The molecular weight excluding hydrogens is 353 g/mol. The van der Waals surface area contributed by atoms with E-state index in [1.807, 2.05) is 44.0 Å². The van der Waals surface area contributed by atoms with Crippen molar-refractivity contribution in [3.63, 3.8) is 0 Å². The van der Waals surface area contributed by atoms with Gasteiger partial charge in [-0.15, -0.1) is 0 Å². The largest absolute Gasteiger partial charge is 0.387 e. The molecule has 2 aromatic rings. The normalized spacial score (nSPS) is 16.7. The molecule has 0 saturated heterocycles. The second-order valence-corrected chi connectivity index (χ2v) is 6.76. The molecule has 26 heavy (non-hydrogen) atoms. The smallest absolute Gasteiger partial charge is 0.161 e. The standard InChI is InChI=1S/C20H21ClFN3O/c1-4-25(3)12-23-18-10-17(22)16(8-13(18)2)20-11-19(24-26-20)14-6-5-7-15(21)9-14/h5-10,12,20H,4,11H2,1-3H3. The first-order chi connectivity index (χ1) is 12.5. The number of halogens is 2. The van der Waals surface area contributed by atoms with Gasteiger partial charge in [0.05, 0.1) is 17.7 Å². The van der Waals surface area contributed by atoms with Crippen LogP contribution < -0.4 is 0 Å². The molecule has 0 N–H and O–H groups in total. The molecule has 0 fully saturated rings. The molecule has 0 amide bonds. The van der Waals surface area contributed by atoms with Crippen LogP contribution in [0.1, 0.15) is 36.1 Å². The van der Waals surface area contributed by atoms with Crippen molar-refractivity contribution in [2.24, 2.45) is 10.1 Å². The highest BCUT2D eigenvalue weighted by molar-refractivity contribution is 6.31. The van der Waals surface area contributed by atoms with Gasteiger partial charge in [-0.25, -0.2) is 9.38 Å². The predicted molar refractivity (Wildman–Crippen MR) is 104 cm³/mol. The van der Waals surface area contributed by atoms with Gasteiger partial charge in [0.1, 0.15) is 5.82 Å². The molecule has 6 heteroatoms. The third-order valence-corrected chi connectivity index (χ3v) is 4.62. The Morgan fingerprint density at radius 3 is 2.92 bits per heavy atom. The van der Waals surface area contributed by atoms with E-state index < -0.39 is 6.10 Å². The maximum atomic E-state index is 14.6. The highest BCUT2D eigenvalue weighted by atomic mass is 35.5. The average Bonchev–Trinajstić information content (AvgIpc) is 3.11. The maximum absolute atomic E-state index is 14.6. The molecule has 0 aliphatic carbocycles. The summed E-state index contributed by atoms with van der Waals surface area (Å²) in [4.78, 5) is 11.8. The van der Waals surface area contributed by atoms with Crippen LogP contribution in [0.3, 0.4) is 0 Å². The Balaban J connectivity index is 1.79. The number of rotatable bonds is 5. The van der Waals surface area contributed by atoms with Gasteiger partial charge in [-0.2, -0.15) is 0 Å². The van der Waals surface area contributed by atoms with Crippen LogP contribution in [0.2, 0.25) is 5.02 Å². The third-order valence-electron chi connectivity index (χ3n) is 4.38. The summed E-state index contributed by atoms with van der Waals surface area (Å²) in [7, 11) is 1.92. The fourth-order valence-electron chi connectivity index (χ4n) is 2.70. The van der Waals surface area contributed by atoms with Gasteiger partial charge in [0.25, 0.3) is 0 Å². The number of hydrogen-bond acceptors (Lipinski definition) is 3. The molecular formula is C20H21ClFN3O. The molecule has 4 nitrogen and oxygen atoms in total. The number of nitrogens with zero attached hydrogens (tertiary/aromatic N) is 3. The van der Waals surface area contributed by atoms with Crippen molar-refractivity contribution in [3.8, 4) is 0 Å². The second-order valence-electron chi connectivity index (χ2n) is 6.32. The van der Waals surface area contributed by atoms with E-state index in [1.165, 1.54) is 6.07 Å². The second kappa shape index (κ2) is 7.87. The molecule has 136 valence electrons. The Labute approximate surface area is 157 Å². The van der Waals surface area contributed by atoms with E-state index >= 15 is 0 Å². The Morgan fingerprint density at radius 2 is 2.19 bits per heavy atom. The number of oxime groups is 1. The number of benzene rings is 2. The summed E-state index contributed by atoms with van der Waals surface area (Å²) >= 11 is 6.03. The lowest BCUT2D eigenvalue weighted by molar-refractivity contribution is 0.0829. The number of aryl methyl sites for hydroxylation is 1. The van der Waals surface area contributed by atoms with Crippen LogP contribution in [0.5, 0.6) is 0 Å². The summed E-state index contributed by atoms with van der Waals surface area (Å²) < 4.78 is 14.6. The van der Waals surface area contributed by atoms with Gasteiger partial charge < -0.3 is 9.74 Å². The molecule has 0 bridgehead atoms. The Morgan fingerprint density at radius 1 is 1.38 bits per heavy atom. The van der Waals surface area contributed by atoms with Crippen LogP contribution in [0.15, 0.2) is 46.5 Å². The first kappa shape index (κ1) is 18.4. The highest BCUT2D eigenvalue weighted by Crippen LogP contribution is 2.34. The van der Waals surface area contributed by atoms with E-state index in [0.717, 1.165) is 23.4 Å². The zero-order valence-electron chi connectivity index (χ0n) is 15.0. The molecule has 3 rings (SSSR count). The molecule has 1 aliphatic rings. The highest BCUT2D eigenvalue weighted by Gasteiger charge is 2.27. The fraction of sp³-hybridized carbons (Fsp3) is 0.300. The van der Waals surface area contributed by atoms with Crippen molar-refractivity contribution in [1.29, 1.82) is 0 Å². The van der Waals surface area contributed by atoms with Crippen molar-refractivity contribution >= 4 is 29.3 Å². The summed E-state index contributed by atoms with van der Waals surface area (Å²) in [6.45, 7) is 4.77. The number of hydrogen-bond donors (Lipinski definition) is 0. The van der Waals surface area contributed by atoms with Gasteiger partial charge >= 0.3 is 0 Å². The van der Waals surface area contributed by atoms with E-state index in [1.54, 1.807) is 18.5 Å². The Hall–Kier alpha value is -2.40. The van der Waals surface area contributed by atoms with E-state index in [2.05, 4.69) is 10.1 Å². The molecule has 1 heterocycles. The van der Waals surface area contributed by atoms with E-state index in [9.17, 15) is 4.39 Å². The van der Waals surface area contributed by atoms with Gasteiger partial charge in [-0.05, 0) is 37.6 Å². The van der Waals surface area contributed by atoms with Crippen LogP contribution in [-0.2, 0) is 4.84 Å². The van der Waals surface area contributed by atoms with Crippen LogP contribution in [0, 0.1) is 12.7 Å². The first-order valence-electron chi connectivity index (χ1n) is 8.51.